The molecule has 2 heterocycles. The number of rotatable bonds is 3. The van der Waals surface area contributed by atoms with Gasteiger partial charge < -0.3 is 9.64 Å². The van der Waals surface area contributed by atoms with Crippen molar-refractivity contribution in [2.75, 3.05) is 52.5 Å². The van der Waals surface area contributed by atoms with Crippen molar-refractivity contribution >= 4 is 11.6 Å². The topological polar surface area (TPSA) is 15.7 Å². The lowest BCUT2D eigenvalue weighted by atomic mass is 10.1. The van der Waals surface area contributed by atoms with Gasteiger partial charge in [-0.2, -0.15) is 0 Å². The molecule has 0 aromatic carbocycles. The first kappa shape index (κ1) is 11.6. The zero-order valence-electron chi connectivity index (χ0n) is 9.33. The normalized spacial score (nSPS) is 27.0. The predicted molar refractivity (Wildman–Crippen MR) is 62.6 cm³/mol. The maximum Gasteiger partial charge on any atom is 0.0594 e. The standard InChI is InChI=1S/C11H21ClN2O/c12-11-1-3-13(4-2-11)5-6-14-7-9-15-10-8-14/h11H,1-10H2. The molecule has 0 amide bonds. The van der Waals surface area contributed by atoms with Crippen LogP contribution in [0.1, 0.15) is 12.8 Å². The summed E-state index contributed by atoms with van der Waals surface area (Å²) in [5, 5.41) is 0.421. The van der Waals surface area contributed by atoms with Crippen LogP contribution in [0.25, 0.3) is 0 Å². The van der Waals surface area contributed by atoms with Crippen LogP contribution in [0.5, 0.6) is 0 Å². The largest absolute Gasteiger partial charge is 0.379 e. The van der Waals surface area contributed by atoms with Crippen LogP contribution in [0.4, 0.5) is 0 Å². The molecule has 0 saturated carbocycles. The predicted octanol–water partition coefficient (Wildman–Crippen LogP) is 1.02. The summed E-state index contributed by atoms with van der Waals surface area (Å²) >= 11 is 6.08. The number of alkyl halides is 1. The average Bonchev–Trinajstić information content (AvgIpc) is 2.30. The summed E-state index contributed by atoms with van der Waals surface area (Å²) < 4.78 is 5.33. The Hall–Kier alpha value is 0.170. The molecule has 4 heteroatoms. The van der Waals surface area contributed by atoms with Crippen molar-refractivity contribution < 1.29 is 4.74 Å². The highest BCUT2D eigenvalue weighted by Gasteiger charge is 2.18. The van der Waals surface area contributed by atoms with Gasteiger partial charge in [-0.15, -0.1) is 11.6 Å². The molecular formula is C11H21ClN2O. The van der Waals surface area contributed by atoms with Crippen molar-refractivity contribution in [1.82, 2.24) is 9.80 Å². The lowest BCUT2D eigenvalue weighted by Crippen LogP contribution is -2.43. The third-order valence-corrected chi connectivity index (χ3v) is 3.79. The number of halogens is 1. The van der Waals surface area contributed by atoms with Gasteiger partial charge in [0.1, 0.15) is 0 Å². The van der Waals surface area contributed by atoms with Gasteiger partial charge in [0, 0.05) is 31.6 Å². The molecule has 0 unspecified atom stereocenters. The Bertz CT molecular complexity index is 177. The van der Waals surface area contributed by atoms with Gasteiger partial charge >= 0.3 is 0 Å². The maximum atomic E-state index is 6.08. The highest BCUT2D eigenvalue weighted by atomic mass is 35.5. The van der Waals surface area contributed by atoms with Gasteiger partial charge in [-0.1, -0.05) is 0 Å². The van der Waals surface area contributed by atoms with Crippen molar-refractivity contribution in [1.29, 1.82) is 0 Å². The van der Waals surface area contributed by atoms with Gasteiger partial charge in [0.05, 0.1) is 13.2 Å². The second-order valence-corrected chi connectivity index (χ2v) is 5.09. The molecule has 3 nitrogen and oxygen atoms in total. The van der Waals surface area contributed by atoms with Crippen LogP contribution in [0.2, 0.25) is 0 Å². The van der Waals surface area contributed by atoms with Crippen LogP contribution in [0, 0.1) is 0 Å². The fraction of sp³-hybridized carbons (Fsp3) is 1.00. The molecule has 0 N–H and O–H groups in total. The SMILES string of the molecule is ClC1CCN(CCN2CCOCC2)CC1. The van der Waals surface area contributed by atoms with Crippen LogP contribution in [0.3, 0.4) is 0 Å². The fourth-order valence-electron chi connectivity index (χ4n) is 2.23. The summed E-state index contributed by atoms with van der Waals surface area (Å²) in [7, 11) is 0. The monoisotopic (exact) mass is 232 g/mol. The average molecular weight is 233 g/mol. The van der Waals surface area contributed by atoms with E-state index >= 15 is 0 Å². The summed E-state index contributed by atoms with van der Waals surface area (Å²) in [5.41, 5.74) is 0. The van der Waals surface area contributed by atoms with E-state index < -0.39 is 0 Å². The lowest BCUT2D eigenvalue weighted by Gasteiger charge is -2.32. The Morgan fingerprint density at radius 1 is 0.933 bits per heavy atom. The van der Waals surface area contributed by atoms with Crippen molar-refractivity contribution in [3.63, 3.8) is 0 Å². The van der Waals surface area contributed by atoms with E-state index in [1.807, 2.05) is 0 Å². The van der Waals surface area contributed by atoms with E-state index in [0.717, 1.165) is 39.1 Å². The minimum atomic E-state index is 0.421. The molecule has 88 valence electrons. The van der Waals surface area contributed by atoms with Crippen LogP contribution in [-0.2, 0) is 4.74 Å². The van der Waals surface area contributed by atoms with Gasteiger partial charge in [0.2, 0.25) is 0 Å². The van der Waals surface area contributed by atoms with Crippen LogP contribution >= 0.6 is 11.6 Å². The molecule has 0 atom stereocenters. The highest BCUT2D eigenvalue weighted by Crippen LogP contribution is 2.15. The minimum absolute atomic E-state index is 0.421. The van der Waals surface area contributed by atoms with E-state index in [9.17, 15) is 0 Å². The summed E-state index contributed by atoms with van der Waals surface area (Å²) in [4.78, 5) is 5.03. The van der Waals surface area contributed by atoms with Crippen LogP contribution < -0.4 is 0 Å². The number of hydrogen-bond donors (Lipinski definition) is 0. The molecule has 0 radical (unpaired) electrons. The van der Waals surface area contributed by atoms with Crippen molar-refractivity contribution in [3.05, 3.63) is 0 Å². The molecule has 0 aromatic heterocycles. The quantitative estimate of drug-likeness (QED) is 0.676. The lowest BCUT2D eigenvalue weighted by molar-refractivity contribution is 0.0325. The van der Waals surface area contributed by atoms with Crippen molar-refractivity contribution in [2.45, 2.75) is 18.2 Å². The molecule has 2 rings (SSSR count). The van der Waals surface area contributed by atoms with Crippen LogP contribution in [-0.4, -0.2) is 67.7 Å². The van der Waals surface area contributed by atoms with E-state index in [2.05, 4.69) is 9.80 Å². The van der Waals surface area contributed by atoms with E-state index in [-0.39, 0.29) is 0 Å². The van der Waals surface area contributed by atoms with Crippen molar-refractivity contribution in [3.8, 4) is 0 Å². The number of hydrogen-bond acceptors (Lipinski definition) is 3. The molecule has 2 saturated heterocycles. The summed E-state index contributed by atoms with van der Waals surface area (Å²) in [6, 6.07) is 0. The molecule has 15 heavy (non-hydrogen) atoms. The second-order valence-electron chi connectivity index (χ2n) is 4.47. The number of morpholine rings is 1. The Morgan fingerprint density at radius 3 is 2.07 bits per heavy atom. The number of piperidine rings is 1. The first-order valence-corrected chi connectivity index (χ1v) is 6.45. The van der Waals surface area contributed by atoms with E-state index in [1.54, 1.807) is 0 Å². The second kappa shape index (κ2) is 6.04. The molecule has 2 aliphatic heterocycles. The maximum absolute atomic E-state index is 6.08. The van der Waals surface area contributed by atoms with Gasteiger partial charge in [-0.25, -0.2) is 0 Å². The Kier molecular flexibility index (Phi) is 4.69. The fourth-order valence-corrected chi connectivity index (χ4v) is 2.43. The molecule has 0 aromatic rings. The van der Waals surface area contributed by atoms with E-state index in [0.29, 0.717) is 5.38 Å². The van der Waals surface area contributed by atoms with E-state index in [1.165, 1.54) is 26.2 Å². The highest BCUT2D eigenvalue weighted by molar-refractivity contribution is 6.20. The Balaban J connectivity index is 1.60. The number of nitrogens with zero attached hydrogens (tertiary/aromatic N) is 2. The third-order valence-electron chi connectivity index (χ3n) is 3.35. The van der Waals surface area contributed by atoms with Gasteiger partial charge in [0.15, 0.2) is 0 Å². The molecule has 2 fully saturated rings. The molecular weight excluding hydrogens is 212 g/mol. The minimum Gasteiger partial charge on any atom is -0.379 e. The molecule has 0 spiro atoms. The third kappa shape index (κ3) is 3.91. The van der Waals surface area contributed by atoms with E-state index in [4.69, 9.17) is 16.3 Å². The van der Waals surface area contributed by atoms with Gasteiger partial charge in [-0.05, 0) is 25.9 Å². The summed E-state index contributed by atoms with van der Waals surface area (Å²) in [5.74, 6) is 0. The number of likely N-dealkylation sites (tertiary alicyclic amines) is 1. The smallest absolute Gasteiger partial charge is 0.0594 e. The Morgan fingerprint density at radius 2 is 1.47 bits per heavy atom. The Labute approximate surface area is 97.3 Å². The number of ether oxygens (including phenoxy) is 1. The summed E-state index contributed by atoms with van der Waals surface area (Å²) in [6.07, 6.45) is 2.31. The van der Waals surface area contributed by atoms with Crippen molar-refractivity contribution in [2.24, 2.45) is 0 Å². The molecule has 0 bridgehead atoms. The first-order chi connectivity index (χ1) is 7.34. The van der Waals surface area contributed by atoms with Gasteiger partial charge in [-0.3, -0.25) is 4.90 Å². The zero-order valence-corrected chi connectivity index (χ0v) is 10.1. The van der Waals surface area contributed by atoms with Crippen LogP contribution in [0.15, 0.2) is 0 Å². The van der Waals surface area contributed by atoms with Gasteiger partial charge in [0.25, 0.3) is 0 Å². The zero-order chi connectivity index (χ0) is 10.5. The molecule has 2 aliphatic rings. The first-order valence-electron chi connectivity index (χ1n) is 6.01. The summed E-state index contributed by atoms with van der Waals surface area (Å²) in [6.45, 7) is 8.77. The molecule has 0 aliphatic carbocycles.